The first-order chi connectivity index (χ1) is 20.9. The second-order valence-electron chi connectivity index (χ2n) is 8.99. The Bertz CT molecular complexity index is 1740. The molecule has 43 heavy (non-hydrogen) atoms. The lowest BCUT2D eigenvalue weighted by Gasteiger charge is -2.16. The third-order valence-corrected chi connectivity index (χ3v) is 8.57. The Morgan fingerprint density at radius 1 is 1.00 bits per heavy atom. The Kier molecular flexibility index (Phi) is 10.4. The highest BCUT2D eigenvalue weighted by atomic mass is 32.2. The van der Waals surface area contributed by atoms with Gasteiger partial charge in [0.25, 0.3) is 0 Å². The summed E-state index contributed by atoms with van der Waals surface area (Å²) in [4.78, 5) is 30.3. The quantitative estimate of drug-likeness (QED) is 0.143. The van der Waals surface area contributed by atoms with Gasteiger partial charge in [0.15, 0.2) is 11.5 Å². The van der Waals surface area contributed by atoms with E-state index in [9.17, 15) is 20.1 Å². The van der Waals surface area contributed by atoms with Crippen LogP contribution in [0.2, 0.25) is 0 Å². The molecule has 0 fully saturated rings. The van der Waals surface area contributed by atoms with Gasteiger partial charge in [0.05, 0.1) is 37.6 Å². The Morgan fingerprint density at radius 3 is 2.40 bits per heavy atom. The van der Waals surface area contributed by atoms with Crippen molar-refractivity contribution >= 4 is 40.0 Å². The van der Waals surface area contributed by atoms with Crippen LogP contribution < -0.4 is 14.8 Å². The molecule has 0 aliphatic heterocycles. The molecule has 4 aromatic rings. The average Bonchev–Trinajstić information content (AvgIpc) is 3.34. The van der Waals surface area contributed by atoms with Gasteiger partial charge in [-0.05, 0) is 31.5 Å². The number of benzene rings is 2. The molecule has 1 amide bonds. The molecule has 0 aliphatic rings. The molecule has 218 valence electrons. The predicted octanol–water partition coefficient (Wildman–Crippen LogP) is 6.84. The van der Waals surface area contributed by atoms with E-state index in [1.54, 1.807) is 34.1 Å². The topological polar surface area (TPSA) is 134 Å². The number of nitriles is 2. The van der Waals surface area contributed by atoms with Gasteiger partial charge in [-0.1, -0.05) is 42.5 Å². The molecule has 0 unspecified atom stereocenters. The maximum absolute atomic E-state index is 12.9. The number of amides is 1. The van der Waals surface area contributed by atoms with Crippen LogP contribution in [0.5, 0.6) is 11.5 Å². The van der Waals surface area contributed by atoms with E-state index in [4.69, 9.17) is 19.2 Å². The number of hydrogen-bond acceptors (Lipinski definition) is 10. The number of aromatic nitrogens is 1. The summed E-state index contributed by atoms with van der Waals surface area (Å²) in [6.07, 6.45) is 0.0706. The van der Waals surface area contributed by atoms with Gasteiger partial charge in [-0.2, -0.15) is 10.5 Å². The van der Waals surface area contributed by atoms with Gasteiger partial charge < -0.3 is 19.5 Å². The summed E-state index contributed by atoms with van der Waals surface area (Å²) < 4.78 is 16.2. The van der Waals surface area contributed by atoms with Crippen LogP contribution in [0.1, 0.15) is 39.7 Å². The third kappa shape index (κ3) is 6.81. The van der Waals surface area contributed by atoms with E-state index in [1.807, 2.05) is 48.5 Å². The van der Waals surface area contributed by atoms with E-state index in [0.717, 1.165) is 16.9 Å². The minimum absolute atomic E-state index is 0.0706. The zero-order valence-electron chi connectivity index (χ0n) is 24.0. The van der Waals surface area contributed by atoms with Gasteiger partial charge in [-0.15, -0.1) is 23.1 Å². The molecule has 0 atom stereocenters. The van der Waals surface area contributed by atoms with Crippen molar-refractivity contribution in [3.05, 3.63) is 76.2 Å². The highest BCUT2D eigenvalue weighted by molar-refractivity contribution is 7.99. The molecular weight excluding hydrogens is 585 g/mol. The van der Waals surface area contributed by atoms with E-state index in [-0.39, 0.29) is 29.4 Å². The standard InChI is InChI=1S/C32H28N4O5S2/c1-5-41-32(38)29-19(2)23(17-33)31(43-29)36-27(37)14-15-42-30-24(18-34)22(16-25(35-30)20-10-7-6-8-11-20)21-12-9-13-26(39-3)28(21)40-4/h6-13,16H,5,14-15H2,1-4H3,(H,36,37). The molecule has 0 bridgehead atoms. The molecule has 0 spiro atoms. The molecule has 1 N–H and O–H groups in total. The smallest absolute Gasteiger partial charge is 0.348 e. The number of methoxy groups -OCH3 is 2. The molecule has 0 saturated heterocycles. The largest absolute Gasteiger partial charge is 0.493 e. The maximum Gasteiger partial charge on any atom is 0.348 e. The molecule has 2 heterocycles. The number of anilines is 1. The van der Waals surface area contributed by atoms with Crippen molar-refractivity contribution in [2.75, 3.05) is 31.9 Å². The summed E-state index contributed by atoms with van der Waals surface area (Å²) in [7, 11) is 3.10. The van der Waals surface area contributed by atoms with Gasteiger partial charge in [0.1, 0.15) is 27.0 Å². The monoisotopic (exact) mass is 612 g/mol. The van der Waals surface area contributed by atoms with Gasteiger partial charge in [0, 0.05) is 28.9 Å². The first-order valence-corrected chi connectivity index (χ1v) is 15.0. The van der Waals surface area contributed by atoms with Crippen molar-refractivity contribution in [1.82, 2.24) is 4.98 Å². The number of hydrogen-bond donors (Lipinski definition) is 1. The summed E-state index contributed by atoms with van der Waals surface area (Å²) in [6, 6.07) is 21.3. The molecule has 11 heteroatoms. The number of nitrogens with one attached hydrogen (secondary N) is 1. The van der Waals surface area contributed by atoms with E-state index >= 15 is 0 Å². The lowest BCUT2D eigenvalue weighted by atomic mass is 9.98. The van der Waals surface area contributed by atoms with Crippen molar-refractivity contribution in [2.24, 2.45) is 0 Å². The zero-order valence-corrected chi connectivity index (χ0v) is 25.6. The van der Waals surface area contributed by atoms with Crippen molar-refractivity contribution < 1.29 is 23.8 Å². The first kappa shape index (κ1) is 31.1. The number of carbonyl (C=O) groups excluding carboxylic acids is 2. The van der Waals surface area contributed by atoms with E-state index in [2.05, 4.69) is 17.5 Å². The Morgan fingerprint density at radius 2 is 1.74 bits per heavy atom. The fourth-order valence-corrected chi connectivity index (χ4v) is 6.37. The van der Waals surface area contributed by atoms with Crippen LogP contribution >= 0.6 is 23.1 Å². The molecule has 0 aliphatic carbocycles. The zero-order chi connectivity index (χ0) is 30.9. The molecule has 2 aromatic carbocycles. The van der Waals surface area contributed by atoms with Crippen LogP contribution in [0, 0.1) is 29.6 Å². The lowest BCUT2D eigenvalue weighted by Crippen LogP contribution is -2.12. The fraction of sp³-hybridized carbons (Fsp3) is 0.219. The molecule has 9 nitrogen and oxygen atoms in total. The summed E-state index contributed by atoms with van der Waals surface area (Å²) in [6.45, 7) is 3.55. The van der Waals surface area contributed by atoms with Crippen LogP contribution in [0.4, 0.5) is 5.00 Å². The number of rotatable bonds is 11. The normalized spacial score (nSPS) is 10.4. The van der Waals surface area contributed by atoms with Crippen LogP contribution in [0.3, 0.4) is 0 Å². The molecule has 2 aromatic heterocycles. The molecule has 0 radical (unpaired) electrons. The Labute approximate surface area is 258 Å². The second-order valence-corrected chi connectivity index (χ2v) is 11.1. The maximum atomic E-state index is 12.9. The van der Waals surface area contributed by atoms with Crippen molar-refractivity contribution in [1.29, 1.82) is 10.5 Å². The van der Waals surface area contributed by atoms with E-state index in [0.29, 0.717) is 55.2 Å². The molecular formula is C32H28N4O5S2. The first-order valence-electron chi connectivity index (χ1n) is 13.2. The highest BCUT2D eigenvalue weighted by Gasteiger charge is 2.23. The van der Waals surface area contributed by atoms with Gasteiger partial charge in [-0.25, -0.2) is 9.78 Å². The summed E-state index contributed by atoms with van der Waals surface area (Å²) >= 11 is 2.29. The predicted molar refractivity (Wildman–Crippen MR) is 167 cm³/mol. The number of pyridine rings is 1. The van der Waals surface area contributed by atoms with Crippen molar-refractivity contribution in [3.8, 4) is 46.0 Å². The van der Waals surface area contributed by atoms with Crippen LogP contribution in [0.15, 0.2) is 59.6 Å². The third-order valence-electron chi connectivity index (χ3n) is 6.40. The van der Waals surface area contributed by atoms with Crippen LogP contribution in [0.25, 0.3) is 22.4 Å². The minimum atomic E-state index is -0.533. The fourth-order valence-electron chi connectivity index (χ4n) is 4.36. The van der Waals surface area contributed by atoms with Gasteiger partial charge in [0.2, 0.25) is 5.91 Å². The Hall–Kier alpha value is -4.84. The summed E-state index contributed by atoms with van der Waals surface area (Å²) in [5, 5.41) is 23.4. The number of para-hydroxylation sites is 1. The highest BCUT2D eigenvalue weighted by Crippen LogP contribution is 2.42. The number of thiophene rings is 1. The SMILES string of the molecule is CCOC(=O)c1sc(NC(=O)CCSc2nc(-c3ccccc3)cc(-c3cccc(OC)c3OC)c2C#N)c(C#N)c1C. The Balaban J connectivity index is 1.63. The number of esters is 1. The lowest BCUT2D eigenvalue weighted by molar-refractivity contribution is -0.115. The van der Waals surface area contributed by atoms with Crippen LogP contribution in [-0.4, -0.2) is 43.4 Å². The van der Waals surface area contributed by atoms with Gasteiger partial charge in [-0.3, -0.25) is 4.79 Å². The van der Waals surface area contributed by atoms with E-state index in [1.165, 1.54) is 11.8 Å². The summed E-state index contributed by atoms with van der Waals surface area (Å²) in [5.41, 5.74) is 3.86. The van der Waals surface area contributed by atoms with Gasteiger partial charge >= 0.3 is 5.97 Å². The number of carbonyl (C=O) groups is 2. The van der Waals surface area contributed by atoms with Crippen LogP contribution in [-0.2, 0) is 9.53 Å². The average molecular weight is 613 g/mol. The number of nitrogens with zero attached hydrogens (tertiary/aromatic N) is 3. The number of ether oxygens (including phenoxy) is 3. The van der Waals surface area contributed by atoms with Crippen molar-refractivity contribution in [3.63, 3.8) is 0 Å². The summed E-state index contributed by atoms with van der Waals surface area (Å²) in [5.74, 6) is 0.447. The van der Waals surface area contributed by atoms with Crippen molar-refractivity contribution in [2.45, 2.75) is 25.3 Å². The molecule has 0 saturated carbocycles. The number of thioether (sulfide) groups is 1. The molecule has 4 rings (SSSR count). The second kappa shape index (κ2) is 14.4. The van der Waals surface area contributed by atoms with E-state index < -0.39 is 5.97 Å². The minimum Gasteiger partial charge on any atom is -0.493 e.